The fourth-order valence-corrected chi connectivity index (χ4v) is 3.97. The van der Waals surface area contributed by atoms with Crippen LogP contribution in [0.5, 0.6) is 0 Å². The van der Waals surface area contributed by atoms with Crippen LogP contribution in [-0.2, 0) is 17.9 Å². The zero-order chi connectivity index (χ0) is 19.5. The highest BCUT2D eigenvalue weighted by atomic mass is 16.2. The first-order valence-corrected chi connectivity index (χ1v) is 10.2. The van der Waals surface area contributed by atoms with E-state index in [4.69, 9.17) is 0 Å². The van der Waals surface area contributed by atoms with Gasteiger partial charge in [0.25, 0.3) is 0 Å². The predicted octanol–water partition coefficient (Wildman–Crippen LogP) is 5.08. The summed E-state index contributed by atoms with van der Waals surface area (Å²) in [5.74, 6) is 0.796. The molecule has 1 aliphatic rings. The first-order chi connectivity index (χ1) is 13.6. The Morgan fingerprint density at radius 2 is 1.68 bits per heavy atom. The van der Waals surface area contributed by atoms with E-state index in [-0.39, 0.29) is 17.9 Å². The van der Waals surface area contributed by atoms with E-state index in [1.54, 1.807) is 0 Å². The Morgan fingerprint density at radius 3 is 2.36 bits per heavy atom. The number of benzene rings is 2. The quantitative estimate of drug-likeness (QED) is 0.568. The molecule has 0 radical (unpaired) electrons. The lowest BCUT2D eigenvalue weighted by molar-refractivity contribution is -0.135. The van der Waals surface area contributed by atoms with Gasteiger partial charge in [-0.05, 0) is 49.4 Å². The Hall–Kier alpha value is -2.81. The molecule has 2 atom stereocenters. The van der Waals surface area contributed by atoms with E-state index in [1.807, 2.05) is 17.0 Å². The Morgan fingerprint density at radius 1 is 1.00 bits per heavy atom. The molecule has 3 nitrogen and oxygen atoms in total. The van der Waals surface area contributed by atoms with Crippen LogP contribution in [0.2, 0.25) is 0 Å². The molecule has 1 aromatic heterocycles. The Kier molecular flexibility index (Phi) is 5.34. The molecule has 0 N–H and O–H groups in total. The number of carbonyl (C=O) groups is 1. The van der Waals surface area contributed by atoms with Crippen molar-refractivity contribution in [1.29, 1.82) is 0 Å². The van der Waals surface area contributed by atoms with E-state index in [0.29, 0.717) is 12.5 Å². The van der Waals surface area contributed by atoms with Crippen LogP contribution in [0.1, 0.15) is 43.0 Å². The lowest BCUT2D eigenvalue weighted by Crippen LogP contribution is -2.38. The van der Waals surface area contributed by atoms with E-state index >= 15 is 0 Å². The molecule has 1 heterocycles. The Bertz CT molecular complexity index is 914. The topological polar surface area (TPSA) is 25.2 Å². The molecule has 1 aliphatic carbocycles. The minimum Gasteiger partial charge on any atom is -0.345 e. The maximum atomic E-state index is 13.2. The molecule has 0 aliphatic heterocycles. The molecule has 0 spiro atoms. The third-order valence-corrected chi connectivity index (χ3v) is 5.69. The lowest BCUT2D eigenvalue weighted by atomic mass is 10.1. The number of carbonyl (C=O) groups excluding carboxylic acids is 1. The Balaban J connectivity index is 1.47. The monoisotopic (exact) mass is 372 g/mol. The van der Waals surface area contributed by atoms with Crippen molar-refractivity contribution in [3.8, 4) is 0 Å². The lowest BCUT2D eigenvalue weighted by Gasteiger charge is -2.28. The van der Waals surface area contributed by atoms with Crippen molar-refractivity contribution in [2.75, 3.05) is 0 Å². The van der Waals surface area contributed by atoms with Crippen molar-refractivity contribution in [1.82, 2.24) is 9.47 Å². The standard InChI is InChI=1S/C25H28N2O/c1-19(2)27(25(28)24-16-23(24)21-12-7-4-8-13-21)18-22-14-9-15-26(22)17-20-10-5-3-6-11-20/h3-15,19,23-24H,16-18H2,1-2H3. The highest BCUT2D eigenvalue weighted by molar-refractivity contribution is 5.83. The van der Waals surface area contributed by atoms with Crippen LogP contribution in [0.15, 0.2) is 79.0 Å². The van der Waals surface area contributed by atoms with Crippen LogP contribution in [-0.4, -0.2) is 21.4 Å². The molecule has 1 fully saturated rings. The second-order valence-electron chi connectivity index (χ2n) is 8.03. The number of hydrogen-bond donors (Lipinski definition) is 0. The average molecular weight is 373 g/mol. The molecular weight excluding hydrogens is 344 g/mol. The largest absolute Gasteiger partial charge is 0.345 e. The highest BCUT2D eigenvalue weighted by Crippen LogP contribution is 2.48. The molecule has 2 aromatic carbocycles. The summed E-state index contributed by atoms with van der Waals surface area (Å²) in [6, 6.07) is 25.3. The molecule has 28 heavy (non-hydrogen) atoms. The summed E-state index contributed by atoms with van der Waals surface area (Å²) in [7, 11) is 0. The van der Waals surface area contributed by atoms with E-state index in [9.17, 15) is 4.79 Å². The summed E-state index contributed by atoms with van der Waals surface area (Å²) in [6.45, 7) is 5.72. The molecule has 2 unspecified atom stereocenters. The van der Waals surface area contributed by atoms with Gasteiger partial charge in [0, 0.05) is 30.4 Å². The van der Waals surface area contributed by atoms with E-state index in [0.717, 1.165) is 13.0 Å². The molecule has 0 saturated heterocycles. The number of amides is 1. The van der Waals surface area contributed by atoms with Crippen LogP contribution in [0, 0.1) is 5.92 Å². The SMILES string of the molecule is CC(C)N(Cc1cccn1Cc1ccccc1)C(=O)C1CC1c1ccccc1. The van der Waals surface area contributed by atoms with Gasteiger partial charge in [0.2, 0.25) is 5.91 Å². The fraction of sp³-hybridized carbons (Fsp3) is 0.320. The smallest absolute Gasteiger partial charge is 0.226 e. The van der Waals surface area contributed by atoms with Crippen molar-refractivity contribution in [3.63, 3.8) is 0 Å². The highest BCUT2D eigenvalue weighted by Gasteiger charge is 2.46. The maximum Gasteiger partial charge on any atom is 0.226 e. The summed E-state index contributed by atoms with van der Waals surface area (Å²) in [6.07, 6.45) is 3.08. The Labute approximate surface area is 167 Å². The van der Waals surface area contributed by atoms with Crippen LogP contribution >= 0.6 is 0 Å². The van der Waals surface area contributed by atoms with Gasteiger partial charge in [0.15, 0.2) is 0 Å². The minimum atomic E-state index is 0.127. The van der Waals surface area contributed by atoms with Gasteiger partial charge in [-0.1, -0.05) is 60.7 Å². The van der Waals surface area contributed by atoms with E-state index in [1.165, 1.54) is 16.8 Å². The van der Waals surface area contributed by atoms with Gasteiger partial charge in [-0.3, -0.25) is 4.79 Å². The molecule has 1 saturated carbocycles. The van der Waals surface area contributed by atoms with Gasteiger partial charge < -0.3 is 9.47 Å². The number of hydrogen-bond acceptors (Lipinski definition) is 1. The summed E-state index contributed by atoms with van der Waals surface area (Å²) in [5, 5.41) is 0. The van der Waals surface area contributed by atoms with Crippen LogP contribution in [0.4, 0.5) is 0 Å². The van der Waals surface area contributed by atoms with Gasteiger partial charge in [-0.25, -0.2) is 0 Å². The first kappa shape index (κ1) is 18.5. The number of nitrogens with zero attached hydrogens (tertiary/aromatic N) is 2. The average Bonchev–Trinajstić information content (AvgIpc) is 3.41. The normalized spacial score (nSPS) is 18.2. The summed E-state index contributed by atoms with van der Waals surface area (Å²) in [4.78, 5) is 15.3. The summed E-state index contributed by atoms with van der Waals surface area (Å²) < 4.78 is 2.25. The predicted molar refractivity (Wildman–Crippen MR) is 113 cm³/mol. The van der Waals surface area contributed by atoms with Crippen LogP contribution in [0.25, 0.3) is 0 Å². The number of rotatable bonds is 7. The van der Waals surface area contributed by atoms with Gasteiger partial charge in [0.05, 0.1) is 6.54 Å². The summed E-state index contributed by atoms with van der Waals surface area (Å²) >= 11 is 0. The molecule has 3 heteroatoms. The maximum absolute atomic E-state index is 13.2. The zero-order valence-corrected chi connectivity index (χ0v) is 16.7. The molecule has 3 aromatic rings. The third kappa shape index (κ3) is 4.04. The molecule has 1 amide bonds. The third-order valence-electron chi connectivity index (χ3n) is 5.69. The van der Waals surface area contributed by atoms with Crippen molar-refractivity contribution in [3.05, 3.63) is 95.8 Å². The molecule has 144 valence electrons. The second kappa shape index (κ2) is 8.05. The van der Waals surface area contributed by atoms with Crippen molar-refractivity contribution in [2.24, 2.45) is 5.92 Å². The van der Waals surface area contributed by atoms with Gasteiger partial charge in [0.1, 0.15) is 0 Å². The number of aromatic nitrogens is 1. The molecule has 0 bridgehead atoms. The molecule has 4 rings (SSSR count). The fourth-order valence-electron chi connectivity index (χ4n) is 3.97. The van der Waals surface area contributed by atoms with Crippen LogP contribution < -0.4 is 0 Å². The van der Waals surface area contributed by atoms with Crippen LogP contribution in [0.3, 0.4) is 0 Å². The van der Waals surface area contributed by atoms with Gasteiger partial charge in [-0.2, -0.15) is 0 Å². The van der Waals surface area contributed by atoms with Crippen molar-refractivity contribution < 1.29 is 4.79 Å². The van der Waals surface area contributed by atoms with Crippen molar-refractivity contribution in [2.45, 2.75) is 45.3 Å². The van der Waals surface area contributed by atoms with E-state index in [2.05, 4.69) is 85.3 Å². The zero-order valence-electron chi connectivity index (χ0n) is 16.7. The first-order valence-electron chi connectivity index (χ1n) is 10.2. The minimum absolute atomic E-state index is 0.127. The molecular formula is C25H28N2O. The van der Waals surface area contributed by atoms with Crippen molar-refractivity contribution >= 4 is 5.91 Å². The van der Waals surface area contributed by atoms with Gasteiger partial charge >= 0.3 is 0 Å². The van der Waals surface area contributed by atoms with E-state index < -0.39 is 0 Å². The van der Waals surface area contributed by atoms with Gasteiger partial charge in [-0.15, -0.1) is 0 Å². The second-order valence-corrected chi connectivity index (χ2v) is 8.03. The summed E-state index contributed by atoms with van der Waals surface area (Å²) in [5.41, 5.74) is 3.74.